The second-order valence-electron chi connectivity index (χ2n) is 6.46. The molecule has 0 radical (unpaired) electrons. The number of hydrogen-bond acceptors (Lipinski definition) is 7. The van der Waals surface area contributed by atoms with E-state index >= 15 is 0 Å². The Morgan fingerprint density at radius 1 is 1.20 bits per heavy atom. The molecule has 2 atom stereocenters. The number of carbonyl (C=O) groups excluding carboxylic acids is 3. The van der Waals surface area contributed by atoms with Gasteiger partial charge in [0, 0.05) is 6.08 Å². The molecule has 9 heteroatoms. The van der Waals surface area contributed by atoms with E-state index < -0.39 is 16.8 Å². The quantitative estimate of drug-likeness (QED) is 0.222. The van der Waals surface area contributed by atoms with Crippen LogP contribution in [-0.2, 0) is 30.5 Å². The van der Waals surface area contributed by atoms with E-state index in [1.54, 1.807) is 57.6 Å². The summed E-state index contributed by atoms with van der Waals surface area (Å²) in [4.78, 5) is 37.6. The van der Waals surface area contributed by atoms with Crippen molar-refractivity contribution in [1.29, 1.82) is 0 Å². The molecule has 1 heterocycles. The summed E-state index contributed by atoms with van der Waals surface area (Å²) >= 11 is 4.58. The number of β-lactam (4-membered cyclic amide) rings is 1. The molecular weight excluding hydrogens is 474 g/mol. The van der Waals surface area contributed by atoms with Gasteiger partial charge in [-0.05, 0) is 49.4 Å². The second-order valence-corrected chi connectivity index (χ2v) is 8.48. The van der Waals surface area contributed by atoms with E-state index in [-0.39, 0.29) is 30.2 Å². The van der Waals surface area contributed by atoms with Gasteiger partial charge in [-0.3, -0.25) is 9.69 Å². The lowest BCUT2D eigenvalue weighted by molar-refractivity contribution is -0.149. The molecule has 2 rings (SSSR count). The molecule has 1 aliphatic rings. The zero-order chi connectivity index (χ0) is 22.3. The van der Waals surface area contributed by atoms with Gasteiger partial charge in [-0.2, -0.15) is 0 Å². The first kappa shape index (κ1) is 24.0. The summed E-state index contributed by atoms with van der Waals surface area (Å²) in [5.41, 5.74) is 1.66. The monoisotopic (exact) mass is 497 g/mol. The van der Waals surface area contributed by atoms with E-state index in [1.807, 2.05) is 0 Å². The SMILES string of the molecule is CCOC(=O)C=CS[C@@H]1[C@@H](Br)C(=O)N1C(C(=O)OCc1ccc(OC)cc1)=C(C)C. The maximum atomic E-state index is 12.8. The Bertz CT molecular complexity index is 848. The highest BCUT2D eigenvalue weighted by Gasteiger charge is 2.49. The van der Waals surface area contributed by atoms with Gasteiger partial charge in [-0.25, -0.2) is 9.59 Å². The van der Waals surface area contributed by atoms with Crippen LogP contribution < -0.4 is 4.74 Å². The van der Waals surface area contributed by atoms with E-state index in [9.17, 15) is 14.4 Å². The van der Waals surface area contributed by atoms with Crippen molar-refractivity contribution in [3.05, 3.63) is 52.6 Å². The summed E-state index contributed by atoms with van der Waals surface area (Å²) in [6, 6.07) is 7.16. The van der Waals surface area contributed by atoms with Crippen molar-refractivity contribution >= 4 is 45.5 Å². The molecule has 30 heavy (non-hydrogen) atoms. The number of ether oxygens (including phenoxy) is 3. The van der Waals surface area contributed by atoms with Crippen molar-refractivity contribution in [2.75, 3.05) is 13.7 Å². The van der Waals surface area contributed by atoms with Gasteiger partial charge in [0.05, 0.1) is 13.7 Å². The van der Waals surface area contributed by atoms with Gasteiger partial charge < -0.3 is 14.2 Å². The number of halogens is 1. The maximum absolute atomic E-state index is 12.8. The fraction of sp³-hybridized carbons (Fsp3) is 0.381. The summed E-state index contributed by atoms with van der Waals surface area (Å²) in [5.74, 6) is -0.580. The number of esters is 2. The summed E-state index contributed by atoms with van der Waals surface area (Å²) in [6.07, 6.45) is 1.29. The van der Waals surface area contributed by atoms with Gasteiger partial charge >= 0.3 is 11.9 Å². The lowest BCUT2D eigenvalue weighted by Crippen LogP contribution is -2.60. The number of allylic oxidation sites excluding steroid dienone is 1. The van der Waals surface area contributed by atoms with Crippen LogP contribution in [0.25, 0.3) is 0 Å². The van der Waals surface area contributed by atoms with E-state index in [4.69, 9.17) is 14.2 Å². The first-order valence-electron chi connectivity index (χ1n) is 9.23. The van der Waals surface area contributed by atoms with Crippen LogP contribution in [0.3, 0.4) is 0 Å². The molecule has 1 aromatic rings. The van der Waals surface area contributed by atoms with Gasteiger partial charge in [0.15, 0.2) is 0 Å². The zero-order valence-corrected chi connectivity index (χ0v) is 19.6. The summed E-state index contributed by atoms with van der Waals surface area (Å²) in [6.45, 7) is 5.56. The molecule has 1 fully saturated rings. The van der Waals surface area contributed by atoms with Gasteiger partial charge in [-0.1, -0.05) is 28.1 Å². The fourth-order valence-electron chi connectivity index (χ4n) is 2.64. The number of likely N-dealkylation sites (tertiary alicyclic amines) is 1. The van der Waals surface area contributed by atoms with Gasteiger partial charge in [0.25, 0.3) is 0 Å². The average Bonchev–Trinajstić information content (AvgIpc) is 2.73. The number of thioether (sulfide) groups is 1. The molecule has 1 aromatic carbocycles. The highest BCUT2D eigenvalue weighted by Crippen LogP contribution is 2.39. The van der Waals surface area contributed by atoms with Gasteiger partial charge in [0.1, 0.15) is 28.3 Å². The molecule has 1 aliphatic heterocycles. The van der Waals surface area contributed by atoms with Crippen LogP contribution in [-0.4, -0.2) is 46.7 Å². The summed E-state index contributed by atoms with van der Waals surface area (Å²) in [7, 11) is 1.58. The van der Waals surface area contributed by atoms with Crippen molar-refractivity contribution in [3.63, 3.8) is 0 Å². The van der Waals surface area contributed by atoms with Crippen molar-refractivity contribution in [2.45, 2.75) is 37.6 Å². The molecule has 162 valence electrons. The van der Waals surface area contributed by atoms with Crippen LogP contribution in [0.5, 0.6) is 5.75 Å². The largest absolute Gasteiger partial charge is 0.497 e. The third kappa shape index (κ3) is 5.89. The lowest BCUT2D eigenvalue weighted by atomic mass is 10.1. The highest BCUT2D eigenvalue weighted by atomic mass is 79.9. The zero-order valence-electron chi connectivity index (χ0n) is 17.2. The molecule has 0 spiro atoms. The lowest BCUT2D eigenvalue weighted by Gasteiger charge is -2.44. The molecular formula is C21H24BrNO6S. The van der Waals surface area contributed by atoms with Crippen LogP contribution in [0.4, 0.5) is 0 Å². The number of alkyl halides is 1. The minimum Gasteiger partial charge on any atom is -0.497 e. The fourth-order valence-corrected chi connectivity index (χ4v) is 4.41. The number of methoxy groups -OCH3 is 1. The maximum Gasteiger partial charge on any atom is 0.355 e. The number of amides is 1. The standard InChI is InChI=1S/C21H24BrNO6S/c1-5-28-16(24)10-11-30-20-17(22)19(25)23(20)18(13(2)3)21(26)29-12-14-6-8-15(27-4)9-7-14/h6-11,17,20H,5,12H2,1-4H3/t17-,20+/m0/s1. The molecule has 0 unspecified atom stereocenters. The van der Waals surface area contributed by atoms with Crippen LogP contribution >= 0.6 is 27.7 Å². The third-order valence-corrected chi connectivity index (χ3v) is 6.42. The Hall–Kier alpha value is -2.26. The average molecular weight is 498 g/mol. The molecule has 0 saturated carbocycles. The number of benzene rings is 1. The normalized spacial score (nSPS) is 18.0. The van der Waals surface area contributed by atoms with E-state index in [2.05, 4.69) is 15.9 Å². The van der Waals surface area contributed by atoms with Crippen LogP contribution in [0.15, 0.2) is 47.0 Å². The summed E-state index contributed by atoms with van der Waals surface area (Å²) < 4.78 is 15.4. The Labute approximate surface area is 188 Å². The smallest absolute Gasteiger partial charge is 0.355 e. The van der Waals surface area contributed by atoms with Crippen LogP contribution in [0, 0.1) is 0 Å². The van der Waals surface area contributed by atoms with E-state index in [0.29, 0.717) is 11.3 Å². The van der Waals surface area contributed by atoms with Crippen molar-refractivity contribution in [1.82, 2.24) is 4.90 Å². The molecule has 7 nitrogen and oxygen atoms in total. The highest BCUT2D eigenvalue weighted by molar-refractivity contribution is 9.10. The first-order chi connectivity index (χ1) is 14.3. The molecule has 0 N–H and O–H groups in total. The van der Waals surface area contributed by atoms with Crippen molar-refractivity contribution in [2.24, 2.45) is 0 Å². The Kier molecular flexibility index (Phi) is 8.98. The van der Waals surface area contributed by atoms with Crippen LogP contribution in [0.1, 0.15) is 26.3 Å². The Balaban J connectivity index is 2.07. The van der Waals surface area contributed by atoms with Gasteiger partial charge in [0.2, 0.25) is 5.91 Å². The molecule has 0 aliphatic carbocycles. The number of carbonyl (C=O) groups is 3. The molecule has 0 aromatic heterocycles. The van der Waals surface area contributed by atoms with Gasteiger partial charge in [-0.15, -0.1) is 11.8 Å². The topological polar surface area (TPSA) is 82.1 Å². The van der Waals surface area contributed by atoms with E-state index in [1.165, 1.54) is 22.7 Å². The van der Waals surface area contributed by atoms with Crippen molar-refractivity contribution < 1.29 is 28.6 Å². The molecule has 0 bridgehead atoms. The predicted molar refractivity (Wildman–Crippen MR) is 118 cm³/mol. The third-order valence-electron chi connectivity index (χ3n) is 4.12. The number of nitrogens with zero attached hydrogens (tertiary/aromatic N) is 1. The first-order valence-corrected chi connectivity index (χ1v) is 11.1. The molecule has 1 amide bonds. The number of rotatable bonds is 9. The second kappa shape index (κ2) is 11.2. The minimum atomic E-state index is -0.585. The minimum absolute atomic E-state index is 0.0694. The molecule has 1 saturated heterocycles. The predicted octanol–water partition coefficient (Wildman–Crippen LogP) is 3.77. The van der Waals surface area contributed by atoms with E-state index in [0.717, 1.165) is 5.56 Å². The Morgan fingerprint density at radius 3 is 2.43 bits per heavy atom. The summed E-state index contributed by atoms with van der Waals surface area (Å²) in [5, 5.41) is 1.17. The van der Waals surface area contributed by atoms with Crippen molar-refractivity contribution in [3.8, 4) is 5.75 Å². The number of hydrogen-bond donors (Lipinski definition) is 0. The van der Waals surface area contributed by atoms with Crippen LogP contribution in [0.2, 0.25) is 0 Å². The Morgan fingerprint density at radius 2 is 1.87 bits per heavy atom.